The summed E-state index contributed by atoms with van der Waals surface area (Å²) in [5, 5.41) is 4.64. The predicted octanol–water partition coefficient (Wildman–Crippen LogP) is 2.59. The summed E-state index contributed by atoms with van der Waals surface area (Å²) in [6.45, 7) is 9.69. The highest BCUT2D eigenvalue weighted by Crippen LogP contribution is 2.24. The van der Waals surface area contributed by atoms with E-state index in [9.17, 15) is 0 Å². The van der Waals surface area contributed by atoms with Crippen LogP contribution in [0.5, 0.6) is 0 Å². The van der Waals surface area contributed by atoms with Crippen molar-refractivity contribution in [1.29, 1.82) is 0 Å². The van der Waals surface area contributed by atoms with Crippen LogP contribution in [0.4, 0.5) is 0 Å². The van der Waals surface area contributed by atoms with Crippen molar-refractivity contribution in [2.75, 3.05) is 6.54 Å². The molecule has 86 valence electrons. The van der Waals surface area contributed by atoms with E-state index in [4.69, 9.17) is 0 Å². The lowest BCUT2D eigenvalue weighted by Gasteiger charge is -2.20. The third kappa shape index (κ3) is 3.24. The molecule has 0 saturated heterocycles. The van der Waals surface area contributed by atoms with Crippen molar-refractivity contribution in [1.82, 2.24) is 14.7 Å². The van der Waals surface area contributed by atoms with Gasteiger partial charge in [-0.15, -0.1) is 0 Å². The van der Waals surface area contributed by atoms with Crippen LogP contribution in [-0.2, 0) is 6.42 Å². The topological polar surface area (TPSA) is 37.8 Å². The van der Waals surface area contributed by atoms with E-state index in [-0.39, 0.29) is 0 Å². The van der Waals surface area contributed by atoms with Gasteiger partial charge in [0, 0.05) is 18.4 Å². The Balaban J connectivity index is 2.72. The zero-order valence-corrected chi connectivity index (χ0v) is 10.9. The molecule has 1 aromatic heterocycles. The summed E-state index contributed by atoms with van der Waals surface area (Å²) in [7, 11) is 0. The van der Waals surface area contributed by atoms with Crippen molar-refractivity contribution in [3.63, 3.8) is 0 Å². The number of hydrogen-bond acceptors (Lipinski definition) is 4. The largest absolute Gasteiger partial charge is 0.314 e. The van der Waals surface area contributed by atoms with E-state index in [1.165, 1.54) is 5.01 Å². The number of hydrogen-bond donors (Lipinski definition) is 1. The molecule has 1 rings (SSSR count). The second kappa shape index (κ2) is 6.18. The van der Waals surface area contributed by atoms with Gasteiger partial charge >= 0.3 is 0 Å². The van der Waals surface area contributed by atoms with Crippen LogP contribution in [-0.4, -0.2) is 21.9 Å². The lowest BCUT2D eigenvalue weighted by Crippen LogP contribution is -2.31. The summed E-state index contributed by atoms with van der Waals surface area (Å²) in [5.74, 6) is 1.49. The van der Waals surface area contributed by atoms with Gasteiger partial charge in [0.2, 0.25) is 0 Å². The Kier molecular flexibility index (Phi) is 5.19. The van der Waals surface area contributed by atoms with Gasteiger partial charge in [0.1, 0.15) is 10.8 Å². The van der Waals surface area contributed by atoms with E-state index in [0.717, 1.165) is 25.2 Å². The molecule has 0 aliphatic carbocycles. The van der Waals surface area contributed by atoms with E-state index in [0.29, 0.717) is 12.0 Å². The summed E-state index contributed by atoms with van der Waals surface area (Å²) in [6.07, 6.45) is 2.05. The van der Waals surface area contributed by atoms with Crippen molar-refractivity contribution in [3.8, 4) is 0 Å². The molecule has 0 bridgehead atoms. The van der Waals surface area contributed by atoms with Crippen molar-refractivity contribution < 1.29 is 0 Å². The molecule has 1 aromatic rings. The van der Waals surface area contributed by atoms with Gasteiger partial charge in [-0.3, -0.25) is 0 Å². The lowest BCUT2D eigenvalue weighted by molar-refractivity contribution is 0.458. The maximum Gasteiger partial charge on any atom is 0.142 e. The first-order chi connectivity index (χ1) is 7.22. The molecule has 1 heterocycles. The number of aryl methyl sites for hydroxylation is 1. The maximum absolute atomic E-state index is 4.57. The SMILES string of the molecule is CCNC(C)C(CC)c1nc(CC)ns1. The van der Waals surface area contributed by atoms with Crippen molar-refractivity contribution in [3.05, 3.63) is 10.8 Å². The molecule has 15 heavy (non-hydrogen) atoms. The van der Waals surface area contributed by atoms with Crippen LogP contribution in [0.3, 0.4) is 0 Å². The first-order valence-corrected chi connectivity index (χ1v) is 6.56. The molecule has 0 saturated carbocycles. The monoisotopic (exact) mass is 227 g/mol. The number of likely N-dealkylation sites (N-methyl/N-ethyl adjacent to an activating group) is 1. The third-order valence-corrected chi connectivity index (χ3v) is 3.57. The zero-order chi connectivity index (χ0) is 11.3. The van der Waals surface area contributed by atoms with Gasteiger partial charge in [0.05, 0.1) is 0 Å². The van der Waals surface area contributed by atoms with Gasteiger partial charge in [0.25, 0.3) is 0 Å². The summed E-state index contributed by atoms with van der Waals surface area (Å²) in [6, 6.07) is 0.484. The Labute approximate surface area is 96.5 Å². The number of aromatic nitrogens is 2. The van der Waals surface area contributed by atoms with Gasteiger partial charge < -0.3 is 5.32 Å². The standard InChI is InChI=1S/C11H21N3S/c1-5-9(8(4)12-7-3)11-13-10(6-2)14-15-11/h8-9,12H,5-7H2,1-4H3. The van der Waals surface area contributed by atoms with Gasteiger partial charge in [0.15, 0.2) is 0 Å². The van der Waals surface area contributed by atoms with Gasteiger partial charge in [-0.1, -0.05) is 20.8 Å². The quantitative estimate of drug-likeness (QED) is 0.811. The molecule has 0 aliphatic heterocycles. The molecule has 2 unspecified atom stereocenters. The number of nitrogens with zero attached hydrogens (tertiary/aromatic N) is 2. The minimum Gasteiger partial charge on any atom is -0.314 e. The average molecular weight is 227 g/mol. The first-order valence-electron chi connectivity index (χ1n) is 5.78. The predicted molar refractivity (Wildman–Crippen MR) is 65.5 cm³/mol. The highest BCUT2D eigenvalue weighted by molar-refractivity contribution is 7.05. The molecule has 0 amide bonds. The smallest absolute Gasteiger partial charge is 0.142 e. The Hall–Kier alpha value is -0.480. The fraction of sp³-hybridized carbons (Fsp3) is 0.818. The molecule has 0 aliphatic rings. The Bertz CT molecular complexity index is 285. The van der Waals surface area contributed by atoms with Gasteiger partial charge in [-0.05, 0) is 31.4 Å². The van der Waals surface area contributed by atoms with Gasteiger partial charge in [-0.2, -0.15) is 4.37 Å². The summed E-state index contributed by atoms with van der Waals surface area (Å²) in [4.78, 5) is 4.57. The summed E-state index contributed by atoms with van der Waals surface area (Å²) in [5.41, 5.74) is 0. The molecular formula is C11H21N3S. The fourth-order valence-corrected chi connectivity index (χ4v) is 2.79. The Morgan fingerprint density at radius 1 is 1.33 bits per heavy atom. The molecule has 2 atom stereocenters. The lowest BCUT2D eigenvalue weighted by atomic mass is 9.99. The molecule has 3 nitrogen and oxygen atoms in total. The normalized spacial score (nSPS) is 15.2. The molecule has 0 spiro atoms. The summed E-state index contributed by atoms with van der Waals surface area (Å²) < 4.78 is 4.35. The van der Waals surface area contributed by atoms with E-state index in [2.05, 4.69) is 42.4 Å². The molecular weight excluding hydrogens is 206 g/mol. The van der Waals surface area contributed by atoms with Crippen LogP contribution in [0.1, 0.15) is 50.9 Å². The summed E-state index contributed by atoms with van der Waals surface area (Å²) >= 11 is 1.56. The molecule has 0 aromatic carbocycles. The highest BCUT2D eigenvalue weighted by Gasteiger charge is 2.20. The Morgan fingerprint density at radius 2 is 2.07 bits per heavy atom. The van der Waals surface area contributed by atoms with Crippen LogP contribution >= 0.6 is 11.5 Å². The zero-order valence-electron chi connectivity index (χ0n) is 10.1. The van der Waals surface area contributed by atoms with Crippen LogP contribution in [0.25, 0.3) is 0 Å². The van der Waals surface area contributed by atoms with Crippen LogP contribution in [0, 0.1) is 0 Å². The van der Waals surface area contributed by atoms with Gasteiger partial charge in [-0.25, -0.2) is 4.98 Å². The van der Waals surface area contributed by atoms with E-state index in [1.54, 1.807) is 11.5 Å². The molecule has 1 N–H and O–H groups in total. The number of nitrogens with one attached hydrogen (secondary N) is 1. The molecule has 0 radical (unpaired) electrons. The first kappa shape index (κ1) is 12.6. The van der Waals surface area contributed by atoms with Crippen LogP contribution in [0.15, 0.2) is 0 Å². The van der Waals surface area contributed by atoms with Crippen molar-refractivity contribution in [2.24, 2.45) is 0 Å². The molecule has 0 fully saturated rings. The van der Waals surface area contributed by atoms with Crippen molar-refractivity contribution >= 4 is 11.5 Å². The van der Waals surface area contributed by atoms with Crippen molar-refractivity contribution in [2.45, 2.75) is 52.5 Å². The number of rotatable bonds is 6. The average Bonchev–Trinajstić information content (AvgIpc) is 2.68. The van der Waals surface area contributed by atoms with E-state index in [1.807, 2.05) is 0 Å². The fourth-order valence-electron chi connectivity index (χ4n) is 1.77. The minimum absolute atomic E-state index is 0.484. The maximum atomic E-state index is 4.57. The van der Waals surface area contributed by atoms with E-state index < -0.39 is 0 Å². The second-order valence-electron chi connectivity index (χ2n) is 3.76. The second-order valence-corrected chi connectivity index (χ2v) is 4.55. The van der Waals surface area contributed by atoms with E-state index >= 15 is 0 Å². The van der Waals surface area contributed by atoms with Crippen LogP contribution in [0.2, 0.25) is 0 Å². The molecule has 4 heteroatoms. The Morgan fingerprint density at radius 3 is 2.53 bits per heavy atom. The highest BCUT2D eigenvalue weighted by atomic mass is 32.1. The minimum atomic E-state index is 0.484. The van der Waals surface area contributed by atoms with Crippen LogP contribution < -0.4 is 5.32 Å². The third-order valence-electron chi connectivity index (χ3n) is 2.69.